The third kappa shape index (κ3) is 4.98. The van der Waals surface area contributed by atoms with Crippen molar-refractivity contribution in [2.24, 2.45) is 11.7 Å². The molecule has 0 radical (unpaired) electrons. The van der Waals surface area contributed by atoms with Crippen LogP contribution >= 0.6 is 0 Å². The van der Waals surface area contributed by atoms with Gasteiger partial charge in [0.15, 0.2) is 0 Å². The third-order valence-electron chi connectivity index (χ3n) is 2.07. The summed E-state index contributed by atoms with van der Waals surface area (Å²) in [6.07, 6.45) is 0. The molecule has 2 atom stereocenters. The Kier molecular flexibility index (Phi) is 5.34. The standard InChI is InChI=1S/C9H16N4O2/c1-6(4-10)5-13(3)7(2)8(14)12-9(11)15/h6-7H,5H2,1-3H3,(H3,11,12,14,15). The average molecular weight is 212 g/mol. The number of imide groups is 1. The average Bonchev–Trinajstić information content (AvgIpc) is 2.15. The fourth-order valence-electron chi connectivity index (χ4n) is 1.06. The van der Waals surface area contributed by atoms with Crippen molar-refractivity contribution >= 4 is 11.9 Å². The van der Waals surface area contributed by atoms with Gasteiger partial charge in [0.2, 0.25) is 5.91 Å². The number of amides is 3. The maximum atomic E-state index is 11.3. The van der Waals surface area contributed by atoms with Gasteiger partial charge < -0.3 is 5.73 Å². The van der Waals surface area contributed by atoms with Crippen molar-refractivity contribution in [3.63, 3.8) is 0 Å². The van der Waals surface area contributed by atoms with Gasteiger partial charge in [0, 0.05) is 6.54 Å². The van der Waals surface area contributed by atoms with Crippen molar-refractivity contribution in [3.05, 3.63) is 0 Å². The van der Waals surface area contributed by atoms with Crippen LogP contribution in [0, 0.1) is 17.2 Å². The van der Waals surface area contributed by atoms with Gasteiger partial charge in [-0.1, -0.05) is 0 Å². The first-order chi connectivity index (χ1) is 6.88. The van der Waals surface area contributed by atoms with E-state index in [4.69, 9.17) is 11.0 Å². The Morgan fingerprint density at radius 3 is 2.47 bits per heavy atom. The molecule has 0 fully saturated rings. The Hall–Kier alpha value is -1.61. The van der Waals surface area contributed by atoms with Crippen molar-refractivity contribution in [1.82, 2.24) is 10.2 Å². The summed E-state index contributed by atoms with van der Waals surface area (Å²) < 4.78 is 0. The van der Waals surface area contributed by atoms with Gasteiger partial charge in [-0.15, -0.1) is 0 Å². The lowest BCUT2D eigenvalue weighted by atomic mass is 10.1. The summed E-state index contributed by atoms with van der Waals surface area (Å²) in [5.74, 6) is -0.631. The first-order valence-corrected chi connectivity index (χ1v) is 4.58. The molecule has 3 amide bonds. The number of carbonyl (C=O) groups excluding carboxylic acids is 2. The fourth-order valence-corrected chi connectivity index (χ4v) is 1.06. The van der Waals surface area contributed by atoms with Crippen LogP contribution in [0.25, 0.3) is 0 Å². The van der Waals surface area contributed by atoms with Gasteiger partial charge in [0.05, 0.1) is 18.0 Å². The van der Waals surface area contributed by atoms with E-state index in [1.807, 2.05) is 5.32 Å². The summed E-state index contributed by atoms with van der Waals surface area (Å²) in [4.78, 5) is 23.4. The molecule has 6 nitrogen and oxygen atoms in total. The Balaban J connectivity index is 4.20. The molecule has 0 aromatic carbocycles. The molecular weight excluding hydrogens is 196 g/mol. The zero-order chi connectivity index (χ0) is 12.0. The number of nitriles is 1. The molecule has 0 saturated carbocycles. The predicted molar refractivity (Wildman–Crippen MR) is 54.6 cm³/mol. The number of urea groups is 1. The van der Waals surface area contributed by atoms with Crippen molar-refractivity contribution in [2.45, 2.75) is 19.9 Å². The molecule has 0 aromatic heterocycles. The Morgan fingerprint density at radius 1 is 1.53 bits per heavy atom. The zero-order valence-corrected chi connectivity index (χ0v) is 9.15. The molecule has 0 aromatic rings. The highest BCUT2D eigenvalue weighted by Crippen LogP contribution is 2.01. The highest BCUT2D eigenvalue weighted by Gasteiger charge is 2.20. The maximum Gasteiger partial charge on any atom is 0.318 e. The third-order valence-corrected chi connectivity index (χ3v) is 2.07. The fraction of sp³-hybridized carbons (Fsp3) is 0.667. The van der Waals surface area contributed by atoms with Crippen LogP contribution in [0.1, 0.15) is 13.8 Å². The number of hydrogen-bond acceptors (Lipinski definition) is 4. The quantitative estimate of drug-likeness (QED) is 0.666. The van der Waals surface area contributed by atoms with Gasteiger partial charge in [-0.2, -0.15) is 5.26 Å². The molecule has 0 bridgehead atoms. The van der Waals surface area contributed by atoms with E-state index in [0.29, 0.717) is 6.54 Å². The first kappa shape index (κ1) is 13.4. The van der Waals surface area contributed by atoms with E-state index in [9.17, 15) is 9.59 Å². The number of rotatable bonds is 4. The van der Waals surface area contributed by atoms with Crippen molar-refractivity contribution < 1.29 is 9.59 Å². The summed E-state index contributed by atoms with van der Waals surface area (Å²) in [5.41, 5.74) is 4.82. The summed E-state index contributed by atoms with van der Waals surface area (Å²) in [7, 11) is 1.71. The predicted octanol–water partition coefficient (Wildman–Crippen LogP) is -0.339. The second-order valence-corrected chi connectivity index (χ2v) is 3.50. The minimum Gasteiger partial charge on any atom is -0.351 e. The number of nitrogens with two attached hydrogens (primary N) is 1. The number of nitrogens with zero attached hydrogens (tertiary/aromatic N) is 2. The second-order valence-electron chi connectivity index (χ2n) is 3.50. The van der Waals surface area contributed by atoms with Crippen LogP contribution in [-0.2, 0) is 4.79 Å². The topological polar surface area (TPSA) is 99.2 Å². The van der Waals surface area contributed by atoms with Gasteiger partial charge in [0.1, 0.15) is 0 Å². The van der Waals surface area contributed by atoms with E-state index >= 15 is 0 Å². The highest BCUT2D eigenvalue weighted by atomic mass is 16.2. The Bertz CT molecular complexity index is 284. The number of primary amides is 1. The van der Waals surface area contributed by atoms with Crippen LogP contribution in [0.15, 0.2) is 0 Å². The van der Waals surface area contributed by atoms with E-state index < -0.39 is 18.0 Å². The van der Waals surface area contributed by atoms with Crippen LogP contribution < -0.4 is 11.1 Å². The first-order valence-electron chi connectivity index (χ1n) is 4.58. The van der Waals surface area contributed by atoms with Gasteiger partial charge in [-0.25, -0.2) is 4.79 Å². The number of likely N-dealkylation sites (N-methyl/N-ethyl adjacent to an activating group) is 1. The number of nitrogens with one attached hydrogen (secondary N) is 1. The number of hydrogen-bond donors (Lipinski definition) is 2. The maximum absolute atomic E-state index is 11.3. The molecule has 2 unspecified atom stereocenters. The molecular formula is C9H16N4O2. The van der Waals surface area contributed by atoms with Gasteiger partial charge in [-0.05, 0) is 20.9 Å². The normalized spacial score (nSPS) is 14.1. The van der Waals surface area contributed by atoms with Crippen LogP contribution in [-0.4, -0.2) is 36.5 Å². The molecule has 0 heterocycles. The molecule has 84 valence electrons. The van der Waals surface area contributed by atoms with Gasteiger partial charge in [0.25, 0.3) is 0 Å². The van der Waals surface area contributed by atoms with Crippen molar-refractivity contribution in [1.29, 1.82) is 5.26 Å². The zero-order valence-electron chi connectivity index (χ0n) is 9.15. The summed E-state index contributed by atoms with van der Waals surface area (Å²) in [5, 5.41) is 10.6. The van der Waals surface area contributed by atoms with Crippen LogP contribution in [0.4, 0.5) is 4.79 Å². The number of carbonyl (C=O) groups is 2. The Morgan fingerprint density at radius 2 is 2.07 bits per heavy atom. The Labute approximate surface area is 89.0 Å². The minimum atomic E-state index is -0.867. The second kappa shape index (κ2) is 5.98. The summed E-state index contributed by atoms with van der Waals surface area (Å²) in [6.45, 7) is 3.86. The van der Waals surface area contributed by atoms with Gasteiger partial charge >= 0.3 is 6.03 Å². The monoisotopic (exact) mass is 212 g/mol. The van der Waals surface area contributed by atoms with Crippen LogP contribution in [0.3, 0.4) is 0 Å². The largest absolute Gasteiger partial charge is 0.351 e. The molecule has 0 saturated heterocycles. The SMILES string of the molecule is CC(C#N)CN(C)C(C)C(=O)NC(N)=O. The van der Waals surface area contributed by atoms with E-state index in [0.717, 1.165) is 0 Å². The van der Waals surface area contributed by atoms with E-state index in [2.05, 4.69) is 6.07 Å². The summed E-state index contributed by atoms with van der Waals surface area (Å²) in [6, 6.07) is 0.706. The lowest BCUT2D eigenvalue weighted by molar-refractivity contribution is -0.124. The minimum absolute atomic E-state index is 0.168. The molecule has 3 N–H and O–H groups in total. The molecule has 0 aliphatic rings. The van der Waals surface area contributed by atoms with Crippen molar-refractivity contribution in [2.75, 3.05) is 13.6 Å². The van der Waals surface area contributed by atoms with E-state index in [-0.39, 0.29) is 5.92 Å². The molecule has 0 spiro atoms. The lowest BCUT2D eigenvalue weighted by Gasteiger charge is -2.23. The molecule has 0 aliphatic carbocycles. The van der Waals surface area contributed by atoms with Crippen LogP contribution in [0.5, 0.6) is 0 Å². The van der Waals surface area contributed by atoms with E-state index in [1.54, 1.807) is 25.8 Å². The van der Waals surface area contributed by atoms with Crippen LogP contribution in [0.2, 0.25) is 0 Å². The highest BCUT2D eigenvalue weighted by molar-refractivity contribution is 5.96. The van der Waals surface area contributed by atoms with E-state index in [1.165, 1.54) is 0 Å². The molecule has 6 heteroatoms. The molecule has 15 heavy (non-hydrogen) atoms. The lowest BCUT2D eigenvalue weighted by Crippen LogP contribution is -2.47. The van der Waals surface area contributed by atoms with Crippen molar-refractivity contribution in [3.8, 4) is 6.07 Å². The van der Waals surface area contributed by atoms with Gasteiger partial charge in [-0.3, -0.25) is 15.0 Å². The summed E-state index contributed by atoms with van der Waals surface area (Å²) >= 11 is 0. The molecule has 0 aliphatic heterocycles. The molecule has 0 rings (SSSR count). The smallest absolute Gasteiger partial charge is 0.318 e.